The van der Waals surface area contributed by atoms with Gasteiger partial charge in [-0.3, -0.25) is 0 Å². The van der Waals surface area contributed by atoms with Gasteiger partial charge in [0.15, 0.2) is 0 Å². The number of nitrogens with zero attached hydrogens (tertiary/aromatic N) is 1. The molecule has 3 heteroatoms. The Bertz CT molecular complexity index is 433. The van der Waals surface area contributed by atoms with Gasteiger partial charge >= 0.3 is 0 Å². The molecule has 0 aliphatic rings. The lowest BCUT2D eigenvalue weighted by Gasteiger charge is -1.99. The smallest absolute Gasteiger partial charge is 0.124 e. The van der Waals surface area contributed by atoms with Crippen molar-refractivity contribution in [1.29, 1.82) is 0 Å². The summed E-state index contributed by atoms with van der Waals surface area (Å²) in [5, 5.41) is 3.08. The molecule has 0 N–H and O–H groups in total. The molecule has 0 aliphatic carbocycles. The Morgan fingerprint density at radius 3 is 2.53 bits per heavy atom. The van der Waals surface area contributed by atoms with Crippen molar-refractivity contribution < 1.29 is 0 Å². The Labute approximate surface area is 102 Å². The molecule has 15 heavy (non-hydrogen) atoms. The average molecular weight is 282 g/mol. The van der Waals surface area contributed by atoms with Crippen molar-refractivity contribution in [2.45, 2.75) is 19.8 Å². The van der Waals surface area contributed by atoms with Gasteiger partial charge in [-0.05, 0) is 27.9 Å². The summed E-state index contributed by atoms with van der Waals surface area (Å²) in [6.07, 6.45) is 2.35. The van der Waals surface area contributed by atoms with E-state index in [1.54, 1.807) is 11.3 Å². The molecular weight excluding hydrogens is 270 g/mol. The lowest BCUT2D eigenvalue weighted by Crippen LogP contribution is -1.83. The molecule has 0 spiro atoms. The lowest BCUT2D eigenvalue weighted by atomic mass is 10.1. The Kier molecular flexibility index (Phi) is 3.54. The van der Waals surface area contributed by atoms with E-state index in [0.717, 1.165) is 16.0 Å². The third kappa shape index (κ3) is 2.67. The lowest BCUT2D eigenvalue weighted by molar-refractivity contribution is 0.922. The van der Waals surface area contributed by atoms with Crippen LogP contribution in [0, 0.1) is 0 Å². The fourth-order valence-corrected chi connectivity index (χ4v) is 2.75. The van der Waals surface area contributed by atoms with Gasteiger partial charge in [0.1, 0.15) is 9.61 Å². The molecule has 1 heterocycles. The minimum atomic E-state index is 0.917. The van der Waals surface area contributed by atoms with Gasteiger partial charge in [0.25, 0.3) is 0 Å². The first kappa shape index (κ1) is 10.8. The zero-order chi connectivity index (χ0) is 10.7. The molecule has 0 atom stereocenters. The first-order chi connectivity index (χ1) is 7.29. The average Bonchev–Trinajstić information content (AvgIpc) is 2.67. The highest BCUT2D eigenvalue weighted by Gasteiger charge is 2.02. The van der Waals surface area contributed by atoms with Crippen LogP contribution in [0.25, 0.3) is 10.6 Å². The molecule has 0 aliphatic heterocycles. The Morgan fingerprint density at radius 1 is 1.27 bits per heavy atom. The first-order valence-corrected chi connectivity index (χ1v) is 6.67. The van der Waals surface area contributed by atoms with Crippen molar-refractivity contribution in [3.63, 3.8) is 0 Å². The van der Waals surface area contributed by atoms with Crippen LogP contribution in [0.15, 0.2) is 34.2 Å². The first-order valence-electron chi connectivity index (χ1n) is 5.00. The SMILES string of the molecule is CCCc1ccc(-c2nc(Br)cs2)cc1. The van der Waals surface area contributed by atoms with E-state index in [9.17, 15) is 0 Å². The second-order valence-corrected chi connectivity index (χ2v) is 5.09. The van der Waals surface area contributed by atoms with Crippen LogP contribution in [0.4, 0.5) is 0 Å². The third-order valence-corrected chi connectivity index (χ3v) is 3.82. The largest absolute Gasteiger partial charge is 0.229 e. The molecule has 0 amide bonds. The number of benzene rings is 1. The van der Waals surface area contributed by atoms with Crippen LogP contribution >= 0.6 is 27.3 Å². The van der Waals surface area contributed by atoms with Crippen molar-refractivity contribution in [3.05, 3.63) is 39.8 Å². The zero-order valence-corrected chi connectivity index (χ0v) is 10.9. The second kappa shape index (κ2) is 4.90. The maximum Gasteiger partial charge on any atom is 0.124 e. The van der Waals surface area contributed by atoms with Crippen LogP contribution < -0.4 is 0 Å². The molecule has 1 nitrogen and oxygen atoms in total. The minimum Gasteiger partial charge on any atom is -0.229 e. The van der Waals surface area contributed by atoms with Crippen molar-refractivity contribution in [2.24, 2.45) is 0 Å². The van der Waals surface area contributed by atoms with Crippen LogP contribution in [-0.4, -0.2) is 4.98 Å². The van der Waals surface area contributed by atoms with Gasteiger partial charge < -0.3 is 0 Å². The quantitative estimate of drug-likeness (QED) is 0.806. The minimum absolute atomic E-state index is 0.917. The monoisotopic (exact) mass is 281 g/mol. The van der Waals surface area contributed by atoms with E-state index < -0.39 is 0 Å². The normalized spacial score (nSPS) is 10.5. The fourth-order valence-electron chi connectivity index (χ4n) is 1.49. The Morgan fingerprint density at radius 2 is 2.00 bits per heavy atom. The molecule has 2 rings (SSSR count). The molecule has 0 unspecified atom stereocenters. The molecule has 0 fully saturated rings. The van der Waals surface area contributed by atoms with E-state index in [4.69, 9.17) is 0 Å². The molecule has 0 saturated heterocycles. The van der Waals surface area contributed by atoms with Crippen molar-refractivity contribution >= 4 is 27.3 Å². The zero-order valence-electron chi connectivity index (χ0n) is 8.53. The number of halogens is 1. The van der Waals surface area contributed by atoms with E-state index in [1.807, 2.05) is 5.38 Å². The van der Waals surface area contributed by atoms with Gasteiger partial charge in [0.05, 0.1) is 0 Å². The summed E-state index contributed by atoms with van der Waals surface area (Å²) in [4.78, 5) is 4.39. The predicted molar refractivity (Wildman–Crippen MR) is 69.2 cm³/mol. The summed E-state index contributed by atoms with van der Waals surface area (Å²) in [5.41, 5.74) is 2.60. The summed E-state index contributed by atoms with van der Waals surface area (Å²) in [7, 11) is 0. The van der Waals surface area contributed by atoms with Gasteiger partial charge in [0.2, 0.25) is 0 Å². The Hall–Kier alpha value is -0.670. The van der Waals surface area contributed by atoms with Gasteiger partial charge in [-0.2, -0.15) is 0 Å². The highest BCUT2D eigenvalue weighted by Crippen LogP contribution is 2.26. The highest BCUT2D eigenvalue weighted by molar-refractivity contribution is 9.10. The summed E-state index contributed by atoms with van der Waals surface area (Å²) in [6, 6.07) is 8.68. The number of aryl methyl sites for hydroxylation is 1. The van der Waals surface area contributed by atoms with E-state index >= 15 is 0 Å². The number of thiazole rings is 1. The van der Waals surface area contributed by atoms with Crippen LogP contribution in [0.3, 0.4) is 0 Å². The van der Waals surface area contributed by atoms with E-state index in [0.29, 0.717) is 0 Å². The van der Waals surface area contributed by atoms with Gasteiger partial charge in [-0.1, -0.05) is 37.6 Å². The second-order valence-electron chi connectivity index (χ2n) is 3.42. The van der Waals surface area contributed by atoms with E-state index in [1.165, 1.54) is 17.5 Å². The maximum absolute atomic E-state index is 4.39. The van der Waals surface area contributed by atoms with Crippen LogP contribution in [0.5, 0.6) is 0 Å². The summed E-state index contributed by atoms with van der Waals surface area (Å²) in [6.45, 7) is 2.20. The number of hydrogen-bond acceptors (Lipinski definition) is 2. The van der Waals surface area contributed by atoms with E-state index in [-0.39, 0.29) is 0 Å². The number of hydrogen-bond donors (Lipinski definition) is 0. The van der Waals surface area contributed by atoms with Crippen LogP contribution in [0.2, 0.25) is 0 Å². The molecular formula is C12H12BrNS. The van der Waals surface area contributed by atoms with E-state index in [2.05, 4.69) is 52.1 Å². The number of aromatic nitrogens is 1. The summed E-state index contributed by atoms with van der Waals surface area (Å²) in [5.74, 6) is 0. The standard InChI is InChI=1S/C12H12BrNS/c1-2-3-9-4-6-10(7-5-9)12-14-11(13)8-15-12/h4-8H,2-3H2,1H3. The van der Waals surface area contributed by atoms with Gasteiger partial charge in [0, 0.05) is 10.9 Å². The predicted octanol–water partition coefficient (Wildman–Crippen LogP) is 4.53. The molecule has 0 saturated carbocycles. The van der Waals surface area contributed by atoms with Gasteiger partial charge in [-0.25, -0.2) is 4.98 Å². The van der Waals surface area contributed by atoms with Crippen LogP contribution in [-0.2, 0) is 6.42 Å². The van der Waals surface area contributed by atoms with Gasteiger partial charge in [-0.15, -0.1) is 11.3 Å². The topological polar surface area (TPSA) is 12.9 Å². The summed E-state index contributed by atoms with van der Waals surface area (Å²) >= 11 is 5.03. The molecule has 78 valence electrons. The highest BCUT2D eigenvalue weighted by atomic mass is 79.9. The van der Waals surface area contributed by atoms with Crippen molar-refractivity contribution in [3.8, 4) is 10.6 Å². The Balaban J connectivity index is 2.23. The maximum atomic E-state index is 4.39. The molecule has 0 bridgehead atoms. The number of rotatable bonds is 3. The molecule has 1 aromatic heterocycles. The van der Waals surface area contributed by atoms with Crippen molar-refractivity contribution in [2.75, 3.05) is 0 Å². The fraction of sp³-hybridized carbons (Fsp3) is 0.250. The molecule has 2 aromatic rings. The van der Waals surface area contributed by atoms with Crippen molar-refractivity contribution in [1.82, 2.24) is 4.98 Å². The molecule has 0 radical (unpaired) electrons. The third-order valence-electron chi connectivity index (χ3n) is 2.22. The van der Waals surface area contributed by atoms with Crippen LogP contribution in [0.1, 0.15) is 18.9 Å². The summed E-state index contributed by atoms with van der Waals surface area (Å²) < 4.78 is 0.917. The molecule has 1 aromatic carbocycles.